The molecule has 3 N–H and O–H groups in total. The third-order valence-corrected chi connectivity index (χ3v) is 6.11. The van der Waals surface area contributed by atoms with Crippen molar-refractivity contribution in [3.05, 3.63) is 47.9 Å². The summed E-state index contributed by atoms with van der Waals surface area (Å²) in [6.07, 6.45) is 3.03. The van der Waals surface area contributed by atoms with Gasteiger partial charge in [0.05, 0.1) is 24.9 Å². The lowest BCUT2D eigenvalue weighted by Crippen LogP contribution is -2.33. The van der Waals surface area contributed by atoms with Gasteiger partial charge in [-0.25, -0.2) is 23.7 Å². The van der Waals surface area contributed by atoms with Gasteiger partial charge in [-0.15, -0.1) is 0 Å². The van der Waals surface area contributed by atoms with Gasteiger partial charge in [-0.1, -0.05) is 11.8 Å². The van der Waals surface area contributed by atoms with Crippen molar-refractivity contribution in [1.82, 2.24) is 15.0 Å². The van der Waals surface area contributed by atoms with E-state index in [0.29, 0.717) is 46.7 Å². The number of thioether (sulfide) groups is 1. The fourth-order valence-corrected chi connectivity index (χ4v) is 4.45. The SMILES string of the molecule is CN=C(N)S[C@@](C)(COC)Cc1cc(Nc2ncnc3cc(OCCOC)cnc23)cc(F)c1F. The van der Waals surface area contributed by atoms with Crippen molar-refractivity contribution >= 4 is 39.5 Å². The van der Waals surface area contributed by atoms with E-state index in [1.54, 1.807) is 20.2 Å². The van der Waals surface area contributed by atoms with E-state index in [0.717, 1.165) is 6.07 Å². The molecular weight excluding hydrogens is 478 g/mol. The molecule has 35 heavy (non-hydrogen) atoms. The van der Waals surface area contributed by atoms with Crippen LogP contribution in [-0.2, 0) is 15.9 Å². The van der Waals surface area contributed by atoms with Crippen molar-refractivity contribution in [1.29, 1.82) is 0 Å². The highest BCUT2D eigenvalue weighted by molar-refractivity contribution is 8.15. The van der Waals surface area contributed by atoms with E-state index in [1.807, 2.05) is 6.92 Å². The van der Waals surface area contributed by atoms with Gasteiger partial charge in [0.25, 0.3) is 0 Å². The highest BCUT2D eigenvalue weighted by Gasteiger charge is 2.29. The summed E-state index contributed by atoms with van der Waals surface area (Å²) in [7, 11) is 4.69. The van der Waals surface area contributed by atoms with Gasteiger partial charge in [0.15, 0.2) is 22.6 Å². The largest absolute Gasteiger partial charge is 0.489 e. The first kappa shape index (κ1) is 26.5. The van der Waals surface area contributed by atoms with Crippen LogP contribution in [0.2, 0.25) is 0 Å². The number of fused-ring (bicyclic) bond motifs is 1. The Morgan fingerprint density at radius 1 is 1.14 bits per heavy atom. The molecule has 0 amide bonds. The lowest BCUT2D eigenvalue weighted by Gasteiger charge is -2.28. The summed E-state index contributed by atoms with van der Waals surface area (Å²) in [5.41, 5.74) is 7.32. The zero-order valence-corrected chi connectivity index (χ0v) is 20.8. The lowest BCUT2D eigenvalue weighted by molar-refractivity contribution is 0.146. The van der Waals surface area contributed by atoms with Gasteiger partial charge in [-0.3, -0.25) is 4.99 Å². The second-order valence-electron chi connectivity index (χ2n) is 7.88. The van der Waals surface area contributed by atoms with Gasteiger partial charge in [0, 0.05) is 43.8 Å². The van der Waals surface area contributed by atoms with Gasteiger partial charge in [-0.2, -0.15) is 0 Å². The van der Waals surface area contributed by atoms with Crippen molar-refractivity contribution in [2.24, 2.45) is 10.7 Å². The molecular formula is C23H28F2N6O3S. The number of nitrogens with two attached hydrogens (primary N) is 1. The van der Waals surface area contributed by atoms with Crippen LogP contribution >= 0.6 is 11.8 Å². The summed E-state index contributed by atoms with van der Waals surface area (Å²) < 4.78 is 44.5. The first-order valence-electron chi connectivity index (χ1n) is 10.7. The molecule has 3 aromatic rings. The summed E-state index contributed by atoms with van der Waals surface area (Å²) in [6, 6.07) is 4.31. The van der Waals surface area contributed by atoms with Gasteiger partial charge < -0.3 is 25.3 Å². The quantitative estimate of drug-likeness (QED) is 0.228. The summed E-state index contributed by atoms with van der Waals surface area (Å²) >= 11 is 1.24. The number of aliphatic imine (C=N–C) groups is 1. The van der Waals surface area contributed by atoms with Crippen LogP contribution in [-0.4, -0.2) is 66.0 Å². The highest BCUT2D eigenvalue weighted by Crippen LogP contribution is 2.33. The van der Waals surface area contributed by atoms with Gasteiger partial charge in [0.2, 0.25) is 0 Å². The van der Waals surface area contributed by atoms with Crippen LogP contribution in [0.3, 0.4) is 0 Å². The molecule has 0 radical (unpaired) electrons. The number of anilines is 2. The van der Waals surface area contributed by atoms with Gasteiger partial charge >= 0.3 is 0 Å². The van der Waals surface area contributed by atoms with Gasteiger partial charge in [-0.05, 0) is 25.0 Å². The van der Waals surface area contributed by atoms with Crippen molar-refractivity contribution in [2.45, 2.75) is 18.1 Å². The molecule has 3 rings (SSSR count). The topological polar surface area (TPSA) is 117 Å². The van der Waals surface area contributed by atoms with Crippen LogP contribution in [0.1, 0.15) is 12.5 Å². The molecule has 1 atom stereocenters. The molecule has 1 aromatic carbocycles. The molecule has 12 heteroatoms. The van der Waals surface area contributed by atoms with Crippen molar-refractivity contribution in [3.63, 3.8) is 0 Å². The number of nitrogens with one attached hydrogen (secondary N) is 1. The Balaban J connectivity index is 1.90. The number of aromatic nitrogens is 3. The molecule has 2 aromatic heterocycles. The Morgan fingerprint density at radius 2 is 1.94 bits per heavy atom. The normalized spacial score (nSPS) is 13.6. The average Bonchev–Trinajstić information content (AvgIpc) is 2.82. The summed E-state index contributed by atoms with van der Waals surface area (Å²) in [6.45, 7) is 2.91. The highest BCUT2D eigenvalue weighted by atomic mass is 32.2. The minimum Gasteiger partial charge on any atom is -0.489 e. The number of amidine groups is 1. The maximum absolute atomic E-state index is 14.8. The Kier molecular flexibility index (Phi) is 9.13. The molecule has 0 spiro atoms. The molecule has 0 fully saturated rings. The molecule has 2 heterocycles. The number of hydrogen-bond acceptors (Lipinski definition) is 9. The maximum atomic E-state index is 14.8. The minimum atomic E-state index is -0.993. The Labute approximate surface area is 206 Å². The first-order chi connectivity index (χ1) is 16.8. The molecule has 9 nitrogen and oxygen atoms in total. The van der Waals surface area contributed by atoms with Crippen LogP contribution in [0.4, 0.5) is 20.3 Å². The monoisotopic (exact) mass is 506 g/mol. The van der Waals surface area contributed by atoms with E-state index < -0.39 is 16.4 Å². The zero-order chi connectivity index (χ0) is 25.4. The fraction of sp³-hybridized carbons (Fsp3) is 0.391. The number of pyridine rings is 1. The second kappa shape index (κ2) is 12.0. The molecule has 0 aliphatic heterocycles. The molecule has 188 valence electrons. The van der Waals surface area contributed by atoms with Crippen molar-refractivity contribution in [2.75, 3.05) is 46.4 Å². The number of benzene rings is 1. The van der Waals surface area contributed by atoms with Crippen LogP contribution in [0, 0.1) is 11.6 Å². The second-order valence-corrected chi connectivity index (χ2v) is 9.49. The Hall–Kier alpha value is -3.09. The summed E-state index contributed by atoms with van der Waals surface area (Å²) in [5.74, 6) is -1.06. The minimum absolute atomic E-state index is 0.144. The molecule has 0 aliphatic carbocycles. The van der Waals surface area contributed by atoms with Crippen molar-refractivity contribution in [3.8, 4) is 5.75 Å². The number of methoxy groups -OCH3 is 2. The van der Waals surface area contributed by atoms with Crippen LogP contribution in [0.15, 0.2) is 35.7 Å². The number of hydrogen-bond donors (Lipinski definition) is 2. The molecule has 0 aliphatic rings. The Morgan fingerprint density at radius 3 is 2.66 bits per heavy atom. The maximum Gasteiger partial charge on any atom is 0.162 e. The molecule has 0 saturated heterocycles. The molecule has 0 bridgehead atoms. The number of nitrogens with zero attached hydrogens (tertiary/aromatic N) is 4. The van der Waals surface area contributed by atoms with Gasteiger partial charge in [0.1, 0.15) is 24.2 Å². The Bertz CT molecular complexity index is 1200. The predicted octanol–water partition coefficient (Wildman–Crippen LogP) is 3.70. The molecule has 0 unspecified atom stereocenters. The van der Waals surface area contributed by atoms with E-state index in [9.17, 15) is 8.78 Å². The summed E-state index contributed by atoms with van der Waals surface area (Å²) in [5, 5.41) is 3.35. The van der Waals surface area contributed by atoms with E-state index in [-0.39, 0.29) is 18.6 Å². The van der Waals surface area contributed by atoms with Crippen LogP contribution < -0.4 is 15.8 Å². The summed E-state index contributed by atoms with van der Waals surface area (Å²) in [4.78, 5) is 16.8. The van der Waals surface area contributed by atoms with Crippen LogP contribution in [0.25, 0.3) is 11.0 Å². The molecule has 0 saturated carbocycles. The van der Waals surface area contributed by atoms with Crippen molar-refractivity contribution < 1.29 is 23.0 Å². The third-order valence-electron chi connectivity index (χ3n) is 4.96. The number of halogens is 2. The van der Waals surface area contributed by atoms with E-state index >= 15 is 0 Å². The van der Waals surface area contributed by atoms with Crippen LogP contribution in [0.5, 0.6) is 5.75 Å². The standard InChI is InChI=1S/C23H28F2N6O3S/c1-23(12-33-4,35-22(26)27-2)10-14-7-15(8-17(24)19(14)25)31-21-20-18(29-13-30-21)9-16(11-28-20)34-6-5-32-3/h7-9,11,13H,5-6,10,12H2,1-4H3,(H2,26,27)(H,29,30,31)/t23-/m1/s1. The average molecular weight is 507 g/mol. The fourth-order valence-electron chi connectivity index (χ4n) is 3.45. The zero-order valence-electron chi connectivity index (χ0n) is 20.0. The van der Waals surface area contributed by atoms with E-state index in [2.05, 4.69) is 25.3 Å². The predicted molar refractivity (Wildman–Crippen MR) is 133 cm³/mol. The number of rotatable bonds is 11. The first-order valence-corrected chi connectivity index (χ1v) is 11.5. The van der Waals surface area contributed by atoms with E-state index in [1.165, 1.54) is 37.5 Å². The van der Waals surface area contributed by atoms with E-state index in [4.69, 9.17) is 19.9 Å². The number of ether oxygens (including phenoxy) is 3. The lowest BCUT2D eigenvalue weighted by atomic mass is 9.99. The third kappa shape index (κ3) is 6.96. The smallest absolute Gasteiger partial charge is 0.162 e.